The highest BCUT2D eigenvalue weighted by Gasteiger charge is 2.23. The van der Waals surface area contributed by atoms with Crippen LogP contribution in [-0.4, -0.2) is 32.1 Å². The van der Waals surface area contributed by atoms with Crippen LogP contribution in [0.1, 0.15) is 18.4 Å². The van der Waals surface area contributed by atoms with Crippen LogP contribution in [0.25, 0.3) is 6.08 Å². The SMILES string of the molecule is COc1cc(/C=C/C(=O)Nc2ccc(N3CCCC3=O)c(Cl)c2)ccc1OC(F)F. The van der Waals surface area contributed by atoms with Crippen molar-refractivity contribution in [1.29, 1.82) is 0 Å². The van der Waals surface area contributed by atoms with Gasteiger partial charge >= 0.3 is 6.61 Å². The number of hydrogen-bond acceptors (Lipinski definition) is 4. The van der Waals surface area contributed by atoms with E-state index < -0.39 is 12.5 Å². The summed E-state index contributed by atoms with van der Waals surface area (Å²) in [5.74, 6) is -0.364. The first-order chi connectivity index (χ1) is 14.4. The number of nitrogens with zero attached hydrogens (tertiary/aromatic N) is 1. The van der Waals surface area contributed by atoms with Gasteiger partial charge in [-0.2, -0.15) is 8.78 Å². The van der Waals surface area contributed by atoms with E-state index in [1.807, 2.05) is 0 Å². The summed E-state index contributed by atoms with van der Waals surface area (Å²) in [6, 6.07) is 9.26. The third-order valence-electron chi connectivity index (χ3n) is 4.41. The predicted molar refractivity (Wildman–Crippen MR) is 110 cm³/mol. The van der Waals surface area contributed by atoms with Gasteiger partial charge in [-0.3, -0.25) is 9.59 Å². The Morgan fingerprint density at radius 2 is 2.03 bits per heavy atom. The largest absolute Gasteiger partial charge is 0.493 e. The van der Waals surface area contributed by atoms with E-state index in [1.54, 1.807) is 23.1 Å². The van der Waals surface area contributed by atoms with Crippen LogP contribution in [0.3, 0.4) is 0 Å². The molecule has 9 heteroatoms. The number of methoxy groups -OCH3 is 1. The smallest absolute Gasteiger partial charge is 0.387 e. The number of alkyl halides is 2. The normalized spacial score (nSPS) is 13.9. The summed E-state index contributed by atoms with van der Waals surface area (Å²) in [5, 5.41) is 3.05. The molecule has 0 radical (unpaired) electrons. The molecule has 158 valence electrons. The van der Waals surface area contributed by atoms with Crippen molar-refractivity contribution >= 4 is 40.9 Å². The summed E-state index contributed by atoms with van der Waals surface area (Å²) < 4.78 is 34.2. The lowest BCUT2D eigenvalue weighted by atomic mass is 10.2. The van der Waals surface area contributed by atoms with E-state index in [1.165, 1.54) is 37.5 Å². The molecule has 1 N–H and O–H groups in total. The molecule has 1 fully saturated rings. The van der Waals surface area contributed by atoms with Crippen LogP contribution in [0.4, 0.5) is 20.2 Å². The molecular formula is C21H19ClF2N2O4. The Hall–Kier alpha value is -3.13. The molecule has 0 aliphatic carbocycles. The maximum absolute atomic E-state index is 12.4. The monoisotopic (exact) mass is 436 g/mol. The number of amides is 2. The maximum atomic E-state index is 12.4. The van der Waals surface area contributed by atoms with E-state index in [0.717, 1.165) is 6.42 Å². The van der Waals surface area contributed by atoms with Crippen molar-refractivity contribution in [1.82, 2.24) is 0 Å². The fourth-order valence-electron chi connectivity index (χ4n) is 3.04. The zero-order valence-corrected chi connectivity index (χ0v) is 16.8. The Morgan fingerprint density at radius 1 is 1.23 bits per heavy atom. The number of hydrogen-bond donors (Lipinski definition) is 1. The quantitative estimate of drug-likeness (QED) is 0.637. The lowest BCUT2D eigenvalue weighted by Crippen LogP contribution is -2.24. The molecule has 2 aromatic carbocycles. The van der Waals surface area contributed by atoms with Crippen LogP contribution < -0.4 is 19.7 Å². The Kier molecular flexibility index (Phi) is 6.89. The Bertz CT molecular complexity index is 981. The van der Waals surface area contributed by atoms with Gasteiger partial charge in [0.25, 0.3) is 0 Å². The van der Waals surface area contributed by atoms with E-state index in [0.29, 0.717) is 34.9 Å². The van der Waals surface area contributed by atoms with Gasteiger partial charge in [0.05, 0.1) is 17.8 Å². The molecule has 0 saturated carbocycles. The second-order valence-electron chi connectivity index (χ2n) is 6.43. The van der Waals surface area contributed by atoms with Crippen molar-refractivity contribution in [3.63, 3.8) is 0 Å². The van der Waals surface area contributed by atoms with Gasteiger partial charge in [-0.05, 0) is 48.4 Å². The summed E-state index contributed by atoms with van der Waals surface area (Å²) in [6.45, 7) is -2.34. The molecule has 2 aromatic rings. The minimum absolute atomic E-state index is 0.0250. The van der Waals surface area contributed by atoms with Gasteiger partial charge in [0, 0.05) is 24.7 Å². The lowest BCUT2D eigenvalue weighted by Gasteiger charge is -2.17. The Balaban J connectivity index is 1.66. The van der Waals surface area contributed by atoms with Gasteiger partial charge in [0.1, 0.15) is 0 Å². The first-order valence-electron chi connectivity index (χ1n) is 9.09. The molecule has 1 aliphatic rings. The van der Waals surface area contributed by atoms with Crippen molar-refractivity contribution < 1.29 is 27.8 Å². The van der Waals surface area contributed by atoms with Crippen LogP contribution in [-0.2, 0) is 9.59 Å². The van der Waals surface area contributed by atoms with E-state index >= 15 is 0 Å². The molecule has 6 nitrogen and oxygen atoms in total. The van der Waals surface area contributed by atoms with E-state index in [4.69, 9.17) is 16.3 Å². The molecule has 0 spiro atoms. The minimum Gasteiger partial charge on any atom is -0.493 e. The summed E-state index contributed by atoms with van der Waals surface area (Å²) in [7, 11) is 1.33. The topological polar surface area (TPSA) is 67.9 Å². The van der Waals surface area contributed by atoms with Crippen molar-refractivity contribution in [3.05, 3.63) is 53.1 Å². The fraction of sp³-hybridized carbons (Fsp3) is 0.238. The summed E-state index contributed by atoms with van der Waals surface area (Å²) >= 11 is 6.27. The highest BCUT2D eigenvalue weighted by atomic mass is 35.5. The van der Waals surface area contributed by atoms with E-state index in [-0.39, 0.29) is 17.4 Å². The molecule has 0 unspecified atom stereocenters. The van der Waals surface area contributed by atoms with Gasteiger partial charge in [0.15, 0.2) is 11.5 Å². The number of halogens is 3. The van der Waals surface area contributed by atoms with Crippen LogP contribution in [0.2, 0.25) is 5.02 Å². The number of carbonyl (C=O) groups is 2. The molecule has 30 heavy (non-hydrogen) atoms. The molecule has 3 rings (SSSR count). The third kappa shape index (κ3) is 5.27. The van der Waals surface area contributed by atoms with Gasteiger partial charge in [-0.25, -0.2) is 0 Å². The van der Waals surface area contributed by atoms with Crippen LogP contribution in [0.5, 0.6) is 11.5 Å². The van der Waals surface area contributed by atoms with E-state index in [2.05, 4.69) is 10.1 Å². The van der Waals surface area contributed by atoms with Gasteiger partial charge < -0.3 is 19.7 Å². The molecule has 0 bridgehead atoms. The van der Waals surface area contributed by atoms with Crippen LogP contribution in [0.15, 0.2) is 42.5 Å². The first-order valence-corrected chi connectivity index (χ1v) is 9.47. The molecule has 0 aromatic heterocycles. The molecule has 2 amide bonds. The second kappa shape index (κ2) is 9.58. The highest BCUT2D eigenvalue weighted by molar-refractivity contribution is 6.34. The maximum Gasteiger partial charge on any atom is 0.387 e. The Morgan fingerprint density at radius 3 is 2.67 bits per heavy atom. The molecule has 1 saturated heterocycles. The zero-order valence-electron chi connectivity index (χ0n) is 16.0. The number of nitrogens with one attached hydrogen (secondary N) is 1. The summed E-state index contributed by atoms with van der Waals surface area (Å²) in [5.41, 5.74) is 1.65. The standard InChI is InChI=1S/C21H19ClF2N2O4/c1-29-18-11-13(4-8-17(18)30-21(23)24)5-9-19(27)25-14-6-7-16(15(22)12-14)26-10-2-3-20(26)28/h4-9,11-12,21H,2-3,10H2,1H3,(H,25,27)/b9-5+. The van der Waals surface area contributed by atoms with Crippen LogP contribution >= 0.6 is 11.6 Å². The number of ether oxygens (including phenoxy) is 2. The zero-order chi connectivity index (χ0) is 21.7. The molecule has 1 heterocycles. The minimum atomic E-state index is -2.96. The predicted octanol–water partition coefficient (Wildman–Crippen LogP) is 4.73. The van der Waals surface area contributed by atoms with Crippen molar-refractivity contribution in [3.8, 4) is 11.5 Å². The molecule has 0 atom stereocenters. The van der Waals surface area contributed by atoms with Gasteiger partial charge in [0.2, 0.25) is 11.8 Å². The average molecular weight is 437 g/mol. The number of carbonyl (C=O) groups excluding carboxylic acids is 2. The van der Waals surface area contributed by atoms with Gasteiger partial charge in [-0.15, -0.1) is 0 Å². The van der Waals surface area contributed by atoms with Crippen LogP contribution in [0, 0.1) is 0 Å². The van der Waals surface area contributed by atoms with Crippen molar-refractivity contribution in [2.75, 3.05) is 23.9 Å². The fourth-order valence-corrected chi connectivity index (χ4v) is 3.33. The molecule has 1 aliphatic heterocycles. The average Bonchev–Trinajstić information content (AvgIpc) is 3.12. The number of anilines is 2. The highest BCUT2D eigenvalue weighted by Crippen LogP contribution is 2.32. The van der Waals surface area contributed by atoms with Crippen molar-refractivity contribution in [2.45, 2.75) is 19.5 Å². The summed E-state index contributed by atoms with van der Waals surface area (Å²) in [4.78, 5) is 25.7. The third-order valence-corrected chi connectivity index (χ3v) is 4.71. The van der Waals surface area contributed by atoms with E-state index in [9.17, 15) is 18.4 Å². The van der Waals surface area contributed by atoms with Crippen molar-refractivity contribution in [2.24, 2.45) is 0 Å². The summed E-state index contributed by atoms with van der Waals surface area (Å²) in [6.07, 6.45) is 4.08. The first kappa shape index (κ1) is 21.6. The number of rotatable bonds is 7. The lowest BCUT2D eigenvalue weighted by molar-refractivity contribution is -0.117. The molecular weight excluding hydrogens is 418 g/mol. The Labute approximate surface area is 177 Å². The number of benzene rings is 2. The second-order valence-corrected chi connectivity index (χ2v) is 6.83. The van der Waals surface area contributed by atoms with Gasteiger partial charge in [-0.1, -0.05) is 17.7 Å².